The van der Waals surface area contributed by atoms with E-state index in [0.29, 0.717) is 22.6 Å². The molecule has 0 saturated carbocycles. The zero-order valence-corrected chi connectivity index (χ0v) is 14.7. The van der Waals surface area contributed by atoms with Crippen LogP contribution in [0.2, 0.25) is 0 Å². The van der Waals surface area contributed by atoms with Crippen LogP contribution in [0.1, 0.15) is 17.2 Å². The van der Waals surface area contributed by atoms with E-state index in [1.165, 1.54) is 14.2 Å². The SMILES string of the molecule is C#C[C@](O)(c1ccc(OCOC)cc1)[C@@H](O)c1ccc(OCOC)cc1. The average molecular weight is 358 g/mol. The molecule has 0 heterocycles. The second kappa shape index (κ2) is 9.22. The standard InChI is InChI=1S/C20H22O6/c1-4-20(22,16-7-11-18(12-8-16)26-14-24-3)19(21)15-5-9-17(10-6-15)25-13-23-2/h1,5-12,19,21-22H,13-14H2,2-3H3/t19-,20-/m0/s1. The average Bonchev–Trinajstić information content (AvgIpc) is 2.70. The van der Waals surface area contributed by atoms with E-state index in [0.717, 1.165) is 0 Å². The van der Waals surface area contributed by atoms with Crippen molar-refractivity contribution in [3.05, 3.63) is 59.7 Å². The molecule has 0 fully saturated rings. The predicted octanol–water partition coefficient (Wildman–Crippen LogP) is 2.21. The summed E-state index contributed by atoms with van der Waals surface area (Å²) in [4.78, 5) is 0. The monoisotopic (exact) mass is 358 g/mol. The van der Waals surface area contributed by atoms with Crippen LogP contribution in [0.5, 0.6) is 11.5 Å². The van der Waals surface area contributed by atoms with Crippen LogP contribution in [0.4, 0.5) is 0 Å². The van der Waals surface area contributed by atoms with Crippen LogP contribution in [0.15, 0.2) is 48.5 Å². The van der Waals surface area contributed by atoms with Crippen molar-refractivity contribution in [1.82, 2.24) is 0 Å². The normalized spacial score (nSPS) is 14.1. The van der Waals surface area contributed by atoms with Gasteiger partial charge in [-0.1, -0.05) is 30.2 Å². The molecule has 0 spiro atoms. The van der Waals surface area contributed by atoms with Crippen molar-refractivity contribution in [2.45, 2.75) is 11.7 Å². The van der Waals surface area contributed by atoms with Crippen molar-refractivity contribution < 1.29 is 29.2 Å². The van der Waals surface area contributed by atoms with E-state index >= 15 is 0 Å². The molecular weight excluding hydrogens is 336 g/mol. The van der Waals surface area contributed by atoms with Gasteiger partial charge in [-0.15, -0.1) is 6.42 Å². The summed E-state index contributed by atoms with van der Waals surface area (Å²) in [7, 11) is 3.05. The first-order valence-electron chi connectivity index (χ1n) is 7.87. The second-order valence-corrected chi connectivity index (χ2v) is 5.51. The first-order valence-corrected chi connectivity index (χ1v) is 7.87. The third-order valence-corrected chi connectivity index (χ3v) is 3.79. The van der Waals surface area contributed by atoms with Crippen molar-refractivity contribution in [3.8, 4) is 23.8 Å². The first kappa shape index (κ1) is 19.8. The summed E-state index contributed by atoms with van der Waals surface area (Å²) in [6, 6.07) is 13.1. The van der Waals surface area contributed by atoms with Gasteiger partial charge in [0, 0.05) is 14.2 Å². The zero-order valence-electron chi connectivity index (χ0n) is 14.7. The van der Waals surface area contributed by atoms with Gasteiger partial charge in [0.05, 0.1) is 0 Å². The maximum Gasteiger partial charge on any atom is 0.188 e. The molecule has 0 aliphatic rings. The van der Waals surface area contributed by atoms with E-state index in [-0.39, 0.29) is 13.6 Å². The number of aliphatic hydroxyl groups is 2. The van der Waals surface area contributed by atoms with Gasteiger partial charge in [0.2, 0.25) is 0 Å². The van der Waals surface area contributed by atoms with Crippen LogP contribution in [0.3, 0.4) is 0 Å². The fraction of sp³-hybridized carbons (Fsp3) is 0.300. The maximum atomic E-state index is 10.9. The number of ether oxygens (including phenoxy) is 4. The molecule has 138 valence electrons. The van der Waals surface area contributed by atoms with Crippen molar-refractivity contribution in [2.75, 3.05) is 27.8 Å². The smallest absolute Gasteiger partial charge is 0.188 e. The topological polar surface area (TPSA) is 77.4 Å². The van der Waals surface area contributed by atoms with Gasteiger partial charge in [0.25, 0.3) is 0 Å². The molecule has 26 heavy (non-hydrogen) atoms. The summed E-state index contributed by atoms with van der Waals surface area (Å²) in [5, 5.41) is 21.5. The third kappa shape index (κ3) is 4.54. The molecule has 6 nitrogen and oxygen atoms in total. The lowest BCUT2D eigenvalue weighted by Crippen LogP contribution is -2.32. The summed E-state index contributed by atoms with van der Waals surface area (Å²) < 4.78 is 20.3. The number of methoxy groups -OCH3 is 2. The van der Waals surface area contributed by atoms with Gasteiger partial charge in [0.15, 0.2) is 19.2 Å². The van der Waals surface area contributed by atoms with Crippen LogP contribution < -0.4 is 9.47 Å². The summed E-state index contributed by atoms with van der Waals surface area (Å²) in [6.45, 7) is 0.229. The molecule has 0 saturated heterocycles. The van der Waals surface area contributed by atoms with Crippen LogP contribution in [0, 0.1) is 12.3 Å². The fourth-order valence-corrected chi connectivity index (χ4v) is 2.37. The Morgan fingerprint density at radius 2 is 1.38 bits per heavy atom. The lowest BCUT2D eigenvalue weighted by molar-refractivity contribution is -0.0383. The molecule has 0 radical (unpaired) electrons. The van der Waals surface area contributed by atoms with E-state index in [1.54, 1.807) is 48.5 Å². The van der Waals surface area contributed by atoms with Crippen molar-refractivity contribution in [1.29, 1.82) is 0 Å². The van der Waals surface area contributed by atoms with E-state index in [2.05, 4.69) is 5.92 Å². The highest BCUT2D eigenvalue weighted by atomic mass is 16.7. The van der Waals surface area contributed by atoms with Crippen LogP contribution in [0.25, 0.3) is 0 Å². The largest absolute Gasteiger partial charge is 0.468 e. The molecule has 0 amide bonds. The Kier molecular flexibility index (Phi) is 7.01. The molecule has 2 aromatic carbocycles. The summed E-state index contributed by atoms with van der Waals surface area (Å²) >= 11 is 0. The van der Waals surface area contributed by atoms with Crippen molar-refractivity contribution >= 4 is 0 Å². The van der Waals surface area contributed by atoms with Gasteiger partial charge in [-0.3, -0.25) is 0 Å². The molecule has 0 bridgehead atoms. The fourth-order valence-electron chi connectivity index (χ4n) is 2.37. The van der Waals surface area contributed by atoms with Gasteiger partial charge in [0.1, 0.15) is 17.6 Å². The van der Waals surface area contributed by atoms with E-state index in [4.69, 9.17) is 25.4 Å². The van der Waals surface area contributed by atoms with Crippen LogP contribution in [-0.4, -0.2) is 38.0 Å². The number of hydrogen-bond donors (Lipinski definition) is 2. The molecule has 6 heteroatoms. The number of benzene rings is 2. The van der Waals surface area contributed by atoms with Gasteiger partial charge in [-0.05, 0) is 35.4 Å². The van der Waals surface area contributed by atoms with Crippen LogP contribution in [-0.2, 0) is 15.1 Å². The van der Waals surface area contributed by atoms with E-state index < -0.39 is 11.7 Å². The van der Waals surface area contributed by atoms with E-state index in [1.807, 2.05) is 0 Å². The lowest BCUT2D eigenvalue weighted by atomic mass is 9.85. The number of rotatable bonds is 9. The Labute approximate surface area is 152 Å². The second-order valence-electron chi connectivity index (χ2n) is 5.51. The molecule has 2 aromatic rings. The minimum Gasteiger partial charge on any atom is -0.468 e. The molecule has 2 N–H and O–H groups in total. The highest BCUT2D eigenvalue weighted by Gasteiger charge is 2.36. The maximum absolute atomic E-state index is 10.9. The number of aliphatic hydroxyl groups excluding tert-OH is 1. The van der Waals surface area contributed by atoms with Crippen LogP contribution >= 0.6 is 0 Å². The Morgan fingerprint density at radius 3 is 1.81 bits per heavy atom. The number of hydrogen-bond acceptors (Lipinski definition) is 6. The van der Waals surface area contributed by atoms with Gasteiger partial charge < -0.3 is 29.2 Å². The predicted molar refractivity (Wildman–Crippen MR) is 95.6 cm³/mol. The molecule has 0 unspecified atom stereocenters. The first-order chi connectivity index (χ1) is 12.5. The Balaban J connectivity index is 2.20. The highest BCUT2D eigenvalue weighted by Crippen LogP contribution is 2.36. The van der Waals surface area contributed by atoms with Crippen molar-refractivity contribution in [3.63, 3.8) is 0 Å². The Bertz CT molecular complexity index is 719. The Hall–Kier alpha value is -2.56. The van der Waals surface area contributed by atoms with Gasteiger partial charge in [-0.25, -0.2) is 0 Å². The van der Waals surface area contributed by atoms with E-state index in [9.17, 15) is 10.2 Å². The minimum absolute atomic E-state index is 0.110. The molecule has 0 aliphatic heterocycles. The quantitative estimate of drug-likeness (QED) is 0.529. The zero-order chi connectivity index (χ0) is 19.0. The van der Waals surface area contributed by atoms with Crippen molar-refractivity contribution in [2.24, 2.45) is 0 Å². The minimum atomic E-state index is -1.89. The molecule has 2 atom stereocenters. The summed E-state index contributed by atoms with van der Waals surface area (Å²) in [5.41, 5.74) is -1.07. The molecule has 2 rings (SSSR count). The molecule has 0 aliphatic carbocycles. The lowest BCUT2D eigenvalue weighted by Gasteiger charge is -2.29. The molecule has 0 aromatic heterocycles. The van der Waals surface area contributed by atoms with Gasteiger partial charge in [-0.2, -0.15) is 0 Å². The third-order valence-electron chi connectivity index (χ3n) is 3.79. The highest BCUT2D eigenvalue weighted by molar-refractivity contribution is 5.40. The summed E-state index contributed by atoms with van der Waals surface area (Å²) in [5.74, 6) is 3.43. The number of terminal acetylenes is 1. The molecular formula is C20H22O6. The van der Waals surface area contributed by atoms with Gasteiger partial charge >= 0.3 is 0 Å². The summed E-state index contributed by atoms with van der Waals surface area (Å²) in [6.07, 6.45) is 4.21. The Morgan fingerprint density at radius 1 is 0.923 bits per heavy atom.